The van der Waals surface area contributed by atoms with Gasteiger partial charge in [-0.25, -0.2) is 9.59 Å². The van der Waals surface area contributed by atoms with Crippen LogP contribution in [-0.2, 0) is 23.7 Å². The van der Waals surface area contributed by atoms with Gasteiger partial charge in [-0.05, 0) is 108 Å². The molecular weight excluding hydrogens is 544 g/mol. The van der Waals surface area contributed by atoms with Crippen LogP contribution in [0.2, 0.25) is 0 Å². The van der Waals surface area contributed by atoms with Crippen molar-refractivity contribution in [1.29, 1.82) is 0 Å². The van der Waals surface area contributed by atoms with Crippen molar-refractivity contribution < 1.29 is 33.3 Å². The first kappa shape index (κ1) is 31.4. The average molecular weight is 591 g/mol. The molecule has 0 radical (unpaired) electrons. The number of hydrogen-bond donors (Lipinski definition) is 0. The maximum Gasteiger partial charge on any atom is 0.338 e. The molecule has 1 aliphatic carbocycles. The maximum atomic E-state index is 13.3. The predicted molar refractivity (Wildman–Crippen MR) is 164 cm³/mol. The molecule has 2 saturated heterocycles. The standard InChI is InChI=1S/C31H36O6.C5H10O/c1-18-14-19(2)27-24(15-18)23-16-22(23)17-26-28(37-31(4,5)36-26)25(13-9-10-20(3)34-30(27)33)35-29(32)21-11-7-6-8-12-21;1-5-3-2-4-6-5/h6-9,11-15,20,22-23,25-26,28H,10,16-17H2,1-5H3;5H,2-4H2,1H3/b13-9-;/t20-,22?,23?,25?,26-,28+;/m0./s1. The molecule has 3 fully saturated rings. The minimum atomic E-state index is -0.795. The lowest BCUT2D eigenvalue weighted by Gasteiger charge is -2.25. The fourth-order valence-corrected chi connectivity index (χ4v) is 6.50. The number of carbonyl (C=O) groups excluding carboxylic acids is 2. The number of esters is 2. The molecule has 3 aliphatic heterocycles. The van der Waals surface area contributed by atoms with Crippen molar-refractivity contribution in [1.82, 2.24) is 0 Å². The molecule has 0 aromatic heterocycles. The highest BCUT2D eigenvalue weighted by Gasteiger charge is 2.51. The molecule has 6 rings (SSSR count). The molecule has 0 bridgehead atoms. The van der Waals surface area contributed by atoms with Crippen molar-refractivity contribution >= 4 is 11.9 Å². The van der Waals surface area contributed by atoms with Gasteiger partial charge in [-0.2, -0.15) is 0 Å². The van der Waals surface area contributed by atoms with Crippen LogP contribution in [0, 0.1) is 19.8 Å². The van der Waals surface area contributed by atoms with Crippen LogP contribution in [0.5, 0.6) is 0 Å². The first-order valence-electron chi connectivity index (χ1n) is 15.7. The Morgan fingerprint density at radius 3 is 2.44 bits per heavy atom. The zero-order valence-corrected chi connectivity index (χ0v) is 26.3. The summed E-state index contributed by atoms with van der Waals surface area (Å²) in [5, 5.41) is 0. The van der Waals surface area contributed by atoms with Crippen molar-refractivity contribution in [3.8, 4) is 0 Å². The van der Waals surface area contributed by atoms with Crippen LogP contribution in [0.3, 0.4) is 0 Å². The highest BCUT2D eigenvalue weighted by Crippen LogP contribution is 2.53. The Balaban J connectivity index is 0.000000548. The van der Waals surface area contributed by atoms with Crippen molar-refractivity contribution in [3.05, 3.63) is 82.4 Å². The third-order valence-corrected chi connectivity index (χ3v) is 8.63. The summed E-state index contributed by atoms with van der Waals surface area (Å²) < 4.78 is 29.7. The summed E-state index contributed by atoms with van der Waals surface area (Å²) in [5.74, 6) is -0.883. The van der Waals surface area contributed by atoms with Gasteiger partial charge in [0.05, 0.1) is 23.3 Å². The minimum absolute atomic E-state index is 0.245. The number of aryl methyl sites for hydroxylation is 2. The molecule has 4 unspecified atom stereocenters. The molecule has 232 valence electrons. The highest BCUT2D eigenvalue weighted by atomic mass is 16.8. The Morgan fingerprint density at radius 2 is 1.77 bits per heavy atom. The van der Waals surface area contributed by atoms with Crippen LogP contribution in [0.4, 0.5) is 0 Å². The summed E-state index contributed by atoms with van der Waals surface area (Å²) in [7, 11) is 0. The molecule has 4 aliphatic rings. The van der Waals surface area contributed by atoms with Crippen LogP contribution in [0.1, 0.15) is 103 Å². The summed E-state index contributed by atoms with van der Waals surface area (Å²) in [6, 6.07) is 13.1. The Kier molecular flexibility index (Phi) is 9.74. The lowest BCUT2D eigenvalue weighted by atomic mass is 9.93. The molecule has 0 N–H and O–H groups in total. The van der Waals surface area contributed by atoms with E-state index in [2.05, 4.69) is 19.9 Å². The van der Waals surface area contributed by atoms with E-state index in [1.54, 1.807) is 12.1 Å². The minimum Gasteiger partial charge on any atom is -0.459 e. The van der Waals surface area contributed by atoms with Gasteiger partial charge in [0.1, 0.15) is 18.3 Å². The number of rotatable bonds is 2. The van der Waals surface area contributed by atoms with E-state index in [0.29, 0.717) is 29.6 Å². The molecule has 7 nitrogen and oxygen atoms in total. The second kappa shape index (κ2) is 13.3. The summed E-state index contributed by atoms with van der Waals surface area (Å²) in [6.07, 6.45) is 7.37. The molecule has 7 heteroatoms. The lowest BCUT2D eigenvalue weighted by Crippen LogP contribution is -2.38. The maximum absolute atomic E-state index is 13.3. The van der Waals surface area contributed by atoms with Gasteiger partial charge < -0.3 is 23.7 Å². The highest BCUT2D eigenvalue weighted by molar-refractivity contribution is 5.93. The number of ether oxygens (including phenoxy) is 5. The van der Waals surface area contributed by atoms with E-state index in [0.717, 1.165) is 36.1 Å². The molecule has 7 atom stereocenters. The van der Waals surface area contributed by atoms with Crippen molar-refractivity contribution in [2.45, 2.75) is 116 Å². The summed E-state index contributed by atoms with van der Waals surface area (Å²) in [6.45, 7) is 12.8. The van der Waals surface area contributed by atoms with Crippen LogP contribution in [0.15, 0.2) is 54.6 Å². The number of fused-ring (bicyclic) bond motifs is 4. The smallest absolute Gasteiger partial charge is 0.338 e. The van der Waals surface area contributed by atoms with E-state index in [1.807, 2.05) is 64.1 Å². The fraction of sp³-hybridized carbons (Fsp3) is 0.556. The molecular formula is C36H46O7. The zero-order valence-electron chi connectivity index (χ0n) is 26.3. The normalized spacial score (nSPS) is 32.0. The summed E-state index contributed by atoms with van der Waals surface area (Å²) in [5.41, 5.74) is 4.33. The predicted octanol–water partition coefficient (Wildman–Crippen LogP) is 7.23. The van der Waals surface area contributed by atoms with Gasteiger partial charge in [-0.15, -0.1) is 0 Å². The number of carbonyl (C=O) groups is 2. The average Bonchev–Trinajstić information content (AvgIpc) is 3.41. The quantitative estimate of drug-likeness (QED) is 0.270. The van der Waals surface area contributed by atoms with Gasteiger partial charge in [0.2, 0.25) is 0 Å². The number of benzene rings is 2. The number of cyclic esters (lactones) is 1. The monoisotopic (exact) mass is 590 g/mol. The van der Waals surface area contributed by atoms with Crippen molar-refractivity contribution in [2.24, 2.45) is 5.92 Å². The van der Waals surface area contributed by atoms with E-state index in [-0.39, 0.29) is 24.1 Å². The molecule has 3 heterocycles. The number of hydrogen-bond acceptors (Lipinski definition) is 7. The first-order chi connectivity index (χ1) is 20.5. The fourth-order valence-electron chi connectivity index (χ4n) is 6.50. The van der Waals surface area contributed by atoms with Gasteiger partial charge in [0.25, 0.3) is 0 Å². The second-order valence-electron chi connectivity index (χ2n) is 13.0. The lowest BCUT2D eigenvalue weighted by molar-refractivity contribution is -0.153. The summed E-state index contributed by atoms with van der Waals surface area (Å²) in [4.78, 5) is 26.3. The third kappa shape index (κ3) is 7.94. The zero-order chi connectivity index (χ0) is 30.7. The van der Waals surface area contributed by atoms with E-state index in [1.165, 1.54) is 12.8 Å². The van der Waals surface area contributed by atoms with Gasteiger partial charge in [0.15, 0.2) is 5.79 Å². The summed E-state index contributed by atoms with van der Waals surface area (Å²) >= 11 is 0. The second-order valence-corrected chi connectivity index (χ2v) is 13.0. The van der Waals surface area contributed by atoms with E-state index in [9.17, 15) is 9.59 Å². The molecule has 1 saturated carbocycles. The largest absolute Gasteiger partial charge is 0.459 e. The van der Waals surface area contributed by atoms with Gasteiger partial charge in [0, 0.05) is 13.0 Å². The first-order valence-corrected chi connectivity index (χ1v) is 15.7. The molecule has 0 amide bonds. The molecule has 43 heavy (non-hydrogen) atoms. The van der Waals surface area contributed by atoms with Crippen molar-refractivity contribution in [3.63, 3.8) is 0 Å². The SMILES string of the molecule is CC1CCCO1.Cc1cc(C)c2c(c1)C1CC1C[C@@H]1OC(C)(C)O[C@@H]1C(OC(=O)c1ccccc1)/C=C\C[C@H](C)OC2=O. The molecule has 2 aromatic rings. The van der Waals surface area contributed by atoms with Crippen LogP contribution in [0.25, 0.3) is 0 Å². The molecule has 0 spiro atoms. The van der Waals surface area contributed by atoms with Crippen LogP contribution < -0.4 is 0 Å². The van der Waals surface area contributed by atoms with Crippen molar-refractivity contribution in [2.75, 3.05) is 6.61 Å². The Labute approximate surface area is 255 Å². The van der Waals surface area contributed by atoms with Gasteiger partial charge in [-0.1, -0.05) is 42.0 Å². The topological polar surface area (TPSA) is 80.3 Å². The Bertz CT molecular complexity index is 1310. The van der Waals surface area contributed by atoms with Crippen LogP contribution >= 0.6 is 0 Å². The van der Waals surface area contributed by atoms with E-state index in [4.69, 9.17) is 23.7 Å². The Morgan fingerprint density at radius 1 is 1.00 bits per heavy atom. The Hall–Kier alpha value is -3.00. The third-order valence-electron chi connectivity index (χ3n) is 8.63. The molecule has 2 aromatic carbocycles. The van der Waals surface area contributed by atoms with Gasteiger partial charge >= 0.3 is 11.9 Å². The van der Waals surface area contributed by atoms with E-state index >= 15 is 0 Å². The van der Waals surface area contributed by atoms with Gasteiger partial charge in [-0.3, -0.25) is 0 Å². The van der Waals surface area contributed by atoms with E-state index < -0.39 is 24.0 Å². The van der Waals surface area contributed by atoms with Crippen LogP contribution in [-0.4, -0.2) is 54.9 Å².